The number of carbonyl (C=O) groups excluding carboxylic acids is 2. The van der Waals surface area contributed by atoms with E-state index in [0.29, 0.717) is 34.4 Å². The maximum absolute atomic E-state index is 14.5. The van der Waals surface area contributed by atoms with E-state index in [2.05, 4.69) is 35.2 Å². The van der Waals surface area contributed by atoms with Crippen LogP contribution in [0.4, 0.5) is 17.1 Å². The van der Waals surface area contributed by atoms with E-state index >= 15 is 0 Å². The van der Waals surface area contributed by atoms with Crippen LogP contribution in [-0.4, -0.2) is 26.6 Å². The summed E-state index contributed by atoms with van der Waals surface area (Å²) >= 11 is 1.61. The van der Waals surface area contributed by atoms with Crippen molar-refractivity contribution in [1.29, 1.82) is 0 Å². The number of para-hydroxylation sites is 3. The summed E-state index contributed by atoms with van der Waals surface area (Å²) in [5.74, 6) is -0.735. The van der Waals surface area contributed by atoms with Gasteiger partial charge in [0.25, 0.3) is 11.8 Å². The fourth-order valence-corrected chi connectivity index (χ4v) is 8.45. The van der Waals surface area contributed by atoms with Crippen LogP contribution in [0.3, 0.4) is 0 Å². The first-order chi connectivity index (χ1) is 27.1. The van der Waals surface area contributed by atoms with Gasteiger partial charge >= 0.3 is 0 Å². The Morgan fingerprint density at radius 3 is 2.05 bits per heavy atom. The predicted octanol–water partition coefficient (Wildman–Crippen LogP) is 11.1. The summed E-state index contributed by atoms with van der Waals surface area (Å²) in [5.41, 5.74) is 8.67. The zero-order valence-electron chi connectivity index (χ0n) is 29.4. The molecule has 10 rings (SSSR count). The highest BCUT2D eigenvalue weighted by Crippen LogP contribution is 2.42. The van der Waals surface area contributed by atoms with E-state index < -0.39 is 0 Å². The highest BCUT2D eigenvalue weighted by atomic mass is 32.1. The van der Waals surface area contributed by atoms with E-state index in [1.54, 1.807) is 17.4 Å². The summed E-state index contributed by atoms with van der Waals surface area (Å²) in [4.78, 5) is 37.6. The zero-order chi connectivity index (χ0) is 36.9. The lowest BCUT2D eigenvalue weighted by atomic mass is 9.92. The largest absolute Gasteiger partial charge is 0.336 e. The number of aromatic nitrogens is 3. The van der Waals surface area contributed by atoms with Crippen LogP contribution >= 0.6 is 11.3 Å². The average molecular weight is 730 g/mol. The Hall–Kier alpha value is -7.16. The molecule has 0 aliphatic carbocycles. The molecular weight excluding hydrogens is 699 g/mol. The van der Waals surface area contributed by atoms with Gasteiger partial charge in [-0.05, 0) is 72.3 Å². The second-order valence-corrected chi connectivity index (χ2v) is 14.5. The standard InChI is InChI=1S/C47H31N5O2S/c53-46-37-23-13-22-36-41(50(33-17-6-2-7-18-33)29-31-14-4-1-5-15-31)27-26-38(43(36)37)47(54)52(46)35-21-12-16-32(28-35)44-39(30-51(49-44)34-19-8-3-9-20-34)45-48-40-24-10-11-25-42(40)55-45/h1-28,30H,29H2. The number of nitrogens with zero attached hydrogens (tertiary/aromatic N) is 5. The molecule has 0 saturated carbocycles. The number of thiazole rings is 1. The normalized spacial score (nSPS) is 12.5. The molecule has 0 saturated heterocycles. The second-order valence-electron chi connectivity index (χ2n) is 13.4. The Morgan fingerprint density at radius 2 is 1.27 bits per heavy atom. The van der Waals surface area contributed by atoms with Crippen molar-refractivity contribution in [1.82, 2.24) is 14.8 Å². The maximum Gasteiger partial charge on any atom is 0.265 e. The molecule has 0 spiro atoms. The molecule has 0 unspecified atom stereocenters. The van der Waals surface area contributed by atoms with E-state index in [1.165, 1.54) is 4.90 Å². The molecule has 55 heavy (non-hydrogen) atoms. The quantitative estimate of drug-likeness (QED) is 0.146. The molecule has 7 aromatic carbocycles. The van der Waals surface area contributed by atoms with Gasteiger partial charge in [0.15, 0.2) is 0 Å². The van der Waals surface area contributed by atoms with Crippen molar-refractivity contribution in [3.05, 3.63) is 193 Å². The lowest BCUT2D eigenvalue weighted by Crippen LogP contribution is -2.40. The molecule has 2 amide bonds. The molecule has 0 atom stereocenters. The molecular formula is C47H31N5O2S. The smallest absolute Gasteiger partial charge is 0.265 e. The molecule has 0 N–H and O–H groups in total. The number of anilines is 3. The summed E-state index contributed by atoms with van der Waals surface area (Å²) in [5, 5.41) is 7.40. The average Bonchev–Trinajstić information content (AvgIpc) is 3.89. The number of carbonyl (C=O) groups is 2. The van der Waals surface area contributed by atoms with Gasteiger partial charge in [-0.1, -0.05) is 103 Å². The molecule has 7 nitrogen and oxygen atoms in total. The summed E-state index contributed by atoms with van der Waals surface area (Å²) in [7, 11) is 0. The number of hydrogen-bond acceptors (Lipinski definition) is 6. The monoisotopic (exact) mass is 729 g/mol. The third kappa shape index (κ3) is 5.67. The summed E-state index contributed by atoms with van der Waals surface area (Å²) < 4.78 is 2.93. The van der Waals surface area contributed by atoms with Gasteiger partial charge in [-0.3, -0.25) is 9.59 Å². The van der Waals surface area contributed by atoms with Crippen molar-refractivity contribution in [2.24, 2.45) is 0 Å². The van der Waals surface area contributed by atoms with Crippen LogP contribution in [0.2, 0.25) is 0 Å². The fraction of sp³-hybridized carbons (Fsp3) is 0.0213. The molecule has 1 aliphatic heterocycles. The van der Waals surface area contributed by atoms with Gasteiger partial charge < -0.3 is 4.90 Å². The topological polar surface area (TPSA) is 71.3 Å². The number of imide groups is 1. The molecule has 0 bridgehead atoms. The second kappa shape index (κ2) is 13.4. The van der Waals surface area contributed by atoms with Crippen molar-refractivity contribution < 1.29 is 9.59 Å². The van der Waals surface area contributed by atoms with Crippen LogP contribution in [0, 0.1) is 0 Å². The Morgan fingerprint density at radius 1 is 0.600 bits per heavy atom. The predicted molar refractivity (Wildman–Crippen MR) is 221 cm³/mol. The maximum atomic E-state index is 14.5. The van der Waals surface area contributed by atoms with Crippen LogP contribution in [0.1, 0.15) is 26.3 Å². The van der Waals surface area contributed by atoms with Gasteiger partial charge in [0, 0.05) is 51.6 Å². The van der Waals surface area contributed by atoms with Crippen LogP contribution in [0.25, 0.3) is 48.5 Å². The van der Waals surface area contributed by atoms with Gasteiger partial charge in [-0.25, -0.2) is 14.6 Å². The van der Waals surface area contributed by atoms with E-state index in [9.17, 15) is 9.59 Å². The molecule has 0 radical (unpaired) electrons. The fourth-order valence-electron chi connectivity index (χ4n) is 7.48. The third-order valence-electron chi connectivity index (χ3n) is 10.1. The summed E-state index contributed by atoms with van der Waals surface area (Å²) in [6.07, 6.45) is 2.00. The van der Waals surface area contributed by atoms with Crippen molar-refractivity contribution in [2.45, 2.75) is 6.54 Å². The van der Waals surface area contributed by atoms with Gasteiger partial charge in [0.2, 0.25) is 0 Å². The highest BCUT2D eigenvalue weighted by molar-refractivity contribution is 7.21. The van der Waals surface area contributed by atoms with Crippen molar-refractivity contribution >= 4 is 61.2 Å². The highest BCUT2D eigenvalue weighted by Gasteiger charge is 2.35. The minimum atomic E-state index is -0.368. The van der Waals surface area contributed by atoms with Crippen molar-refractivity contribution in [2.75, 3.05) is 9.80 Å². The minimum Gasteiger partial charge on any atom is -0.336 e. The lowest BCUT2D eigenvalue weighted by molar-refractivity contribution is 0.0893. The third-order valence-corrected chi connectivity index (χ3v) is 11.1. The minimum absolute atomic E-state index is 0.368. The SMILES string of the molecule is O=C1c2cccc3c(N(Cc4ccccc4)c4ccccc4)ccc(c23)C(=O)N1c1cccc(-c2nn(-c3ccccc3)cc2-c2nc3ccccc3s2)c1. The number of fused-ring (bicyclic) bond motifs is 1. The summed E-state index contributed by atoms with van der Waals surface area (Å²) in [6.45, 7) is 0.614. The van der Waals surface area contributed by atoms with Crippen LogP contribution < -0.4 is 9.80 Å². The van der Waals surface area contributed by atoms with Crippen LogP contribution in [0.15, 0.2) is 176 Å². The number of rotatable bonds is 8. The first kappa shape index (κ1) is 32.5. The molecule has 8 heteroatoms. The van der Waals surface area contributed by atoms with E-state index in [0.717, 1.165) is 54.4 Å². The van der Waals surface area contributed by atoms with E-state index in [4.69, 9.17) is 10.1 Å². The number of amides is 2. The molecule has 1 aliphatic rings. The van der Waals surface area contributed by atoms with Crippen molar-refractivity contribution in [3.63, 3.8) is 0 Å². The first-order valence-corrected chi connectivity index (χ1v) is 18.8. The Kier molecular flexibility index (Phi) is 7.89. The zero-order valence-corrected chi connectivity index (χ0v) is 30.2. The van der Waals surface area contributed by atoms with Gasteiger partial charge in [-0.15, -0.1) is 11.3 Å². The number of hydrogen-bond donors (Lipinski definition) is 0. The van der Waals surface area contributed by atoms with Gasteiger partial charge in [-0.2, -0.15) is 5.10 Å². The Bertz CT molecular complexity index is 2850. The molecule has 262 valence electrons. The Labute approximate surface area is 321 Å². The number of benzene rings is 7. The molecule has 3 heterocycles. The van der Waals surface area contributed by atoms with Crippen LogP contribution in [-0.2, 0) is 6.54 Å². The molecule has 9 aromatic rings. The van der Waals surface area contributed by atoms with Gasteiger partial charge in [0.05, 0.1) is 27.2 Å². The lowest BCUT2D eigenvalue weighted by Gasteiger charge is -2.31. The molecule has 2 aromatic heterocycles. The molecule has 0 fully saturated rings. The first-order valence-electron chi connectivity index (χ1n) is 18.0. The van der Waals surface area contributed by atoms with Crippen LogP contribution in [0.5, 0.6) is 0 Å². The van der Waals surface area contributed by atoms with Crippen molar-refractivity contribution in [3.8, 4) is 27.5 Å². The Balaban J connectivity index is 1.07. The van der Waals surface area contributed by atoms with E-state index in [-0.39, 0.29) is 11.8 Å². The van der Waals surface area contributed by atoms with Gasteiger partial charge in [0.1, 0.15) is 10.7 Å². The van der Waals surface area contributed by atoms with E-state index in [1.807, 2.05) is 144 Å². The summed E-state index contributed by atoms with van der Waals surface area (Å²) in [6, 6.07) is 55.6.